The number of rotatable bonds is 6. The molecule has 1 aromatic carbocycles. The van der Waals surface area contributed by atoms with E-state index in [-0.39, 0.29) is 5.82 Å². The van der Waals surface area contributed by atoms with E-state index in [1.807, 2.05) is 13.1 Å². The Morgan fingerprint density at radius 1 is 1.37 bits per heavy atom. The number of benzene rings is 1. The number of thiazole rings is 1. The van der Waals surface area contributed by atoms with Crippen molar-refractivity contribution in [3.05, 3.63) is 51.2 Å². The molecule has 0 bridgehead atoms. The minimum atomic E-state index is -0.182. The van der Waals surface area contributed by atoms with Crippen molar-refractivity contribution in [3.8, 4) is 0 Å². The Labute approximate surface area is 117 Å². The van der Waals surface area contributed by atoms with Gasteiger partial charge in [-0.3, -0.25) is 0 Å². The molecule has 19 heavy (non-hydrogen) atoms. The SMILES string of the molecule is CCCc1nc(Cc2cccc(F)c2)sc1CNC. The van der Waals surface area contributed by atoms with Gasteiger partial charge in [-0.2, -0.15) is 0 Å². The number of nitrogens with one attached hydrogen (secondary N) is 1. The zero-order chi connectivity index (χ0) is 13.7. The first-order chi connectivity index (χ1) is 9.22. The van der Waals surface area contributed by atoms with Gasteiger partial charge in [0.25, 0.3) is 0 Å². The van der Waals surface area contributed by atoms with Gasteiger partial charge < -0.3 is 5.32 Å². The van der Waals surface area contributed by atoms with E-state index < -0.39 is 0 Å². The van der Waals surface area contributed by atoms with Crippen molar-refractivity contribution >= 4 is 11.3 Å². The molecule has 2 rings (SSSR count). The number of nitrogens with zero attached hydrogens (tertiary/aromatic N) is 1. The maximum absolute atomic E-state index is 13.2. The summed E-state index contributed by atoms with van der Waals surface area (Å²) in [7, 11) is 1.95. The summed E-state index contributed by atoms with van der Waals surface area (Å²) in [6.45, 7) is 3.02. The quantitative estimate of drug-likeness (QED) is 0.874. The fraction of sp³-hybridized carbons (Fsp3) is 0.400. The molecule has 0 aliphatic rings. The van der Waals surface area contributed by atoms with Crippen LogP contribution in [0, 0.1) is 5.82 Å². The highest BCUT2D eigenvalue weighted by atomic mass is 32.1. The van der Waals surface area contributed by atoms with E-state index >= 15 is 0 Å². The minimum Gasteiger partial charge on any atom is -0.315 e. The van der Waals surface area contributed by atoms with Crippen LogP contribution in [-0.2, 0) is 19.4 Å². The van der Waals surface area contributed by atoms with Crippen molar-refractivity contribution in [2.45, 2.75) is 32.7 Å². The van der Waals surface area contributed by atoms with Crippen LogP contribution in [0.5, 0.6) is 0 Å². The van der Waals surface area contributed by atoms with Crippen LogP contribution in [0.25, 0.3) is 0 Å². The second kappa shape index (κ2) is 6.78. The average Bonchev–Trinajstić information content (AvgIpc) is 2.72. The molecule has 4 heteroatoms. The van der Waals surface area contributed by atoms with E-state index in [2.05, 4.69) is 12.2 Å². The average molecular weight is 278 g/mol. The number of halogens is 1. The Balaban J connectivity index is 2.18. The smallest absolute Gasteiger partial charge is 0.123 e. The van der Waals surface area contributed by atoms with Crippen LogP contribution in [0.4, 0.5) is 4.39 Å². The van der Waals surface area contributed by atoms with E-state index in [0.717, 1.165) is 30.0 Å². The Bertz CT molecular complexity index is 513. The Kier molecular flexibility index (Phi) is 5.05. The fourth-order valence-electron chi connectivity index (χ4n) is 2.06. The van der Waals surface area contributed by atoms with Crippen LogP contribution >= 0.6 is 11.3 Å². The third-order valence-corrected chi connectivity index (χ3v) is 3.99. The lowest BCUT2D eigenvalue weighted by Crippen LogP contribution is -2.05. The van der Waals surface area contributed by atoms with Crippen molar-refractivity contribution in [1.29, 1.82) is 0 Å². The van der Waals surface area contributed by atoms with Crippen LogP contribution in [0.1, 0.15) is 34.5 Å². The monoisotopic (exact) mass is 278 g/mol. The summed E-state index contributed by atoms with van der Waals surface area (Å²) >= 11 is 1.73. The lowest BCUT2D eigenvalue weighted by Gasteiger charge is -1.98. The van der Waals surface area contributed by atoms with Gasteiger partial charge in [0.05, 0.1) is 10.7 Å². The standard InChI is InChI=1S/C15H19FN2S/c1-3-5-13-14(10-17-2)19-15(18-13)9-11-6-4-7-12(16)8-11/h4,6-8,17H,3,5,9-10H2,1-2H3. The van der Waals surface area contributed by atoms with Gasteiger partial charge >= 0.3 is 0 Å². The minimum absolute atomic E-state index is 0.182. The predicted octanol–water partition coefficient (Wildman–Crippen LogP) is 3.54. The zero-order valence-electron chi connectivity index (χ0n) is 11.4. The van der Waals surface area contributed by atoms with Crippen LogP contribution in [0.3, 0.4) is 0 Å². The Morgan fingerprint density at radius 3 is 2.89 bits per heavy atom. The molecule has 0 unspecified atom stereocenters. The van der Waals surface area contributed by atoms with Crippen molar-refractivity contribution in [2.24, 2.45) is 0 Å². The zero-order valence-corrected chi connectivity index (χ0v) is 12.2. The van der Waals surface area contributed by atoms with Gasteiger partial charge in [-0.15, -0.1) is 11.3 Å². The number of aromatic nitrogens is 1. The van der Waals surface area contributed by atoms with Gasteiger partial charge in [0.15, 0.2) is 0 Å². The summed E-state index contributed by atoms with van der Waals surface area (Å²) in [6, 6.07) is 6.75. The summed E-state index contributed by atoms with van der Waals surface area (Å²) in [5, 5.41) is 4.25. The maximum Gasteiger partial charge on any atom is 0.123 e. The van der Waals surface area contributed by atoms with Crippen LogP contribution in [0.15, 0.2) is 24.3 Å². The largest absolute Gasteiger partial charge is 0.315 e. The van der Waals surface area contributed by atoms with Crippen molar-refractivity contribution in [3.63, 3.8) is 0 Å². The molecule has 1 N–H and O–H groups in total. The molecule has 0 amide bonds. The lowest BCUT2D eigenvalue weighted by molar-refractivity contribution is 0.626. The van der Waals surface area contributed by atoms with Crippen molar-refractivity contribution in [1.82, 2.24) is 10.3 Å². The lowest BCUT2D eigenvalue weighted by atomic mass is 10.1. The summed E-state index contributed by atoms with van der Waals surface area (Å²) in [5.74, 6) is -0.182. The van der Waals surface area contributed by atoms with Gasteiger partial charge in [0, 0.05) is 17.8 Å². The maximum atomic E-state index is 13.2. The highest BCUT2D eigenvalue weighted by Gasteiger charge is 2.10. The Hall–Kier alpha value is -1.26. The number of aryl methyl sites for hydroxylation is 1. The van der Waals surface area contributed by atoms with E-state index in [1.165, 1.54) is 16.6 Å². The molecular weight excluding hydrogens is 259 g/mol. The van der Waals surface area contributed by atoms with Crippen LogP contribution < -0.4 is 5.32 Å². The van der Waals surface area contributed by atoms with Crippen molar-refractivity contribution in [2.75, 3.05) is 7.05 Å². The summed E-state index contributed by atoms with van der Waals surface area (Å²) in [6.07, 6.45) is 2.82. The first kappa shape index (κ1) is 14.2. The summed E-state index contributed by atoms with van der Waals surface area (Å²) < 4.78 is 13.2. The van der Waals surface area contributed by atoms with Gasteiger partial charge in [-0.1, -0.05) is 25.5 Å². The third-order valence-electron chi connectivity index (χ3n) is 2.89. The molecule has 0 fully saturated rings. The third kappa shape index (κ3) is 3.85. The fourth-order valence-corrected chi connectivity index (χ4v) is 3.23. The molecule has 2 aromatic rings. The van der Waals surface area contributed by atoms with Gasteiger partial charge in [0.2, 0.25) is 0 Å². The summed E-state index contributed by atoms with van der Waals surface area (Å²) in [4.78, 5) is 6.00. The molecule has 102 valence electrons. The molecule has 0 spiro atoms. The van der Waals surface area contributed by atoms with Crippen LogP contribution in [0.2, 0.25) is 0 Å². The van der Waals surface area contributed by atoms with E-state index in [0.29, 0.717) is 6.42 Å². The highest BCUT2D eigenvalue weighted by molar-refractivity contribution is 7.11. The first-order valence-corrected chi connectivity index (χ1v) is 7.41. The molecule has 0 atom stereocenters. The van der Waals surface area contributed by atoms with E-state index in [9.17, 15) is 4.39 Å². The molecule has 0 radical (unpaired) electrons. The second-order valence-corrected chi connectivity index (χ2v) is 5.73. The van der Waals surface area contributed by atoms with E-state index in [1.54, 1.807) is 23.5 Å². The molecule has 0 aliphatic heterocycles. The molecule has 1 heterocycles. The first-order valence-electron chi connectivity index (χ1n) is 6.59. The predicted molar refractivity (Wildman–Crippen MR) is 78.1 cm³/mol. The molecule has 0 saturated carbocycles. The molecular formula is C15H19FN2S. The van der Waals surface area contributed by atoms with E-state index in [4.69, 9.17) is 4.98 Å². The van der Waals surface area contributed by atoms with Gasteiger partial charge in [0.1, 0.15) is 5.82 Å². The van der Waals surface area contributed by atoms with Gasteiger partial charge in [-0.05, 0) is 31.2 Å². The molecule has 0 saturated heterocycles. The normalized spacial score (nSPS) is 10.9. The Morgan fingerprint density at radius 2 is 2.21 bits per heavy atom. The second-order valence-electron chi connectivity index (χ2n) is 4.56. The topological polar surface area (TPSA) is 24.9 Å². The van der Waals surface area contributed by atoms with Crippen molar-refractivity contribution < 1.29 is 4.39 Å². The molecule has 0 aliphatic carbocycles. The molecule has 1 aromatic heterocycles. The van der Waals surface area contributed by atoms with Crippen LogP contribution in [-0.4, -0.2) is 12.0 Å². The number of hydrogen-bond acceptors (Lipinski definition) is 3. The summed E-state index contributed by atoms with van der Waals surface area (Å²) in [5.41, 5.74) is 2.17. The number of hydrogen-bond donors (Lipinski definition) is 1. The van der Waals surface area contributed by atoms with Gasteiger partial charge in [-0.25, -0.2) is 9.37 Å². The highest BCUT2D eigenvalue weighted by Crippen LogP contribution is 2.22. The molecule has 2 nitrogen and oxygen atoms in total.